The maximum absolute atomic E-state index is 10.9. The van der Waals surface area contributed by atoms with Crippen LogP contribution in [0.15, 0.2) is 24.3 Å². The standard InChI is InChI=1S/C13H18N2O3/c1-10-13(2,7-8-18-10)14-9-11-5-3-4-6-12(11)15(16)17/h3-6,10,14H,7-9H2,1-2H3. The number of hydrogen-bond donors (Lipinski definition) is 1. The third kappa shape index (κ3) is 2.52. The van der Waals surface area contributed by atoms with Crippen molar-refractivity contribution in [1.29, 1.82) is 0 Å². The van der Waals surface area contributed by atoms with E-state index in [1.54, 1.807) is 12.1 Å². The number of para-hydroxylation sites is 1. The van der Waals surface area contributed by atoms with Crippen LogP contribution in [0.4, 0.5) is 5.69 Å². The van der Waals surface area contributed by atoms with Gasteiger partial charge in [-0.2, -0.15) is 0 Å². The maximum atomic E-state index is 10.9. The molecule has 18 heavy (non-hydrogen) atoms. The Labute approximate surface area is 106 Å². The molecular formula is C13H18N2O3. The van der Waals surface area contributed by atoms with Gasteiger partial charge in [0, 0.05) is 30.3 Å². The Morgan fingerprint density at radius 2 is 2.28 bits per heavy atom. The lowest BCUT2D eigenvalue weighted by molar-refractivity contribution is -0.385. The van der Waals surface area contributed by atoms with Crippen molar-refractivity contribution in [2.75, 3.05) is 6.61 Å². The number of rotatable bonds is 4. The lowest BCUT2D eigenvalue weighted by Gasteiger charge is -2.29. The monoisotopic (exact) mass is 250 g/mol. The molecule has 0 radical (unpaired) electrons. The third-order valence-corrected chi connectivity index (χ3v) is 3.76. The van der Waals surface area contributed by atoms with Gasteiger partial charge >= 0.3 is 0 Å². The molecule has 2 unspecified atom stereocenters. The number of nitro groups is 1. The Balaban J connectivity index is 2.09. The summed E-state index contributed by atoms with van der Waals surface area (Å²) in [5.41, 5.74) is 0.770. The molecule has 0 saturated carbocycles. The van der Waals surface area contributed by atoms with Crippen LogP contribution >= 0.6 is 0 Å². The predicted molar refractivity (Wildman–Crippen MR) is 68.4 cm³/mol. The second-order valence-electron chi connectivity index (χ2n) is 4.92. The Morgan fingerprint density at radius 1 is 1.56 bits per heavy atom. The normalized spacial score (nSPS) is 27.3. The smallest absolute Gasteiger partial charge is 0.273 e. The van der Waals surface area contributed by atoms with Crippen LogP contribution in [0.5, 0.6) is 0 Å². The summed E-state index contributed by atoms with van der Waals surface area (Å²) in [7, 11) is 0. The van der Waals surface area contributed by atoms with Crippen molar-refractivity contribution in [3.05, 3.63) is 39.9 Å². The first-order valence-corrected chi connectivity index (χ1v) is 6.12. The summed E-state index contributed by atoms with van der Waals surface area (Å²) in [6.45, 7) is 5.35. The second-order valence-corrected chi connectivity index (χ2v) is 4.92. The van der Waals surface area contributed by atoms with Crippen molar-refractivity contribution in [3.8, 4) is 0 Å². The van der Waals surface area contributed by atoms with Gasteiger partial charge in [0.25, 0.3) is 5.69 Å². The second kappa shape index (κ2) is 5.04. The summed E-state index contributed by atoms with van der Waals surface area (Å²) >= 11 is 0. The third-order valence-electron chi connectivity index (χ3n) is 3.76. The van der Waals surface area contributed by atoms with Crippen molar-refractivity contribution >= 4 is 5.69 Å². The van der Waals surface area contributed by atoms with Crippen molar-refractivity contribution in [1.82, 2.24) is 5.32 Å². The van der Waals surface area contributed by atoms with E-state index in [9.17, 15) is 10.1 Å². The summed E-state index contributed by atoms with van der Waals surface area (Å²) in [5.74, 6) is 0. The van der Waals surface area contributed by atoms with E-state index in [1.807, 2.05) is 13.0 Å². The molecule has 0 spiro atoms. The fourth-order valence-corrected chi connectivity index (χ4v) is 2.20. The number of nitrogens with one attached hydrogen (secondary N) is 1. The highest BCUT2D eigenvalue weighted by Gasteiger charge is 2.36. The minimum absolute atomic E-state index is 0.107. The van der Waals surface area contributed by atoms with Crippen LogP contribution in [0.1, 0.15) is 25.8 Å². The van der Waals surface area contributed by atoms with Crippen molar-refractivity contribution < 1.29 is 9.66 Å². The zero-order valence-corrected chi connectivity index (χ0v) is 10.7. The minimum Gasteiger partial charge on any atom is -0.377 e. The molecule has 0 amide bonds. The van der Waals surface area contributed by atoms with Crippen molar-refractivity contribution in [3.63, 3.8) is 0 Å². The van der Waals surface area contributed by atoms with Crippen LogP contribution in [0.3, 0.4) is 0 Å². The molecule has 1 aliphatic rings. The zero-order valence-electron chi connectivity index (χ0n) is 10.7. The van der Waals surface area contributed by atoms with Crippen LogP contribution in [0.25, 0.3) is 0 Å². The SMILES string of the molecule is CC1OCCC1(C)NCc1ccccc1[N+](=O)[O-]. The van der Waals surface area contributed by atoms with Crippen molar-refractivity contribution in [2.24, 2.45) is 0 Å². The first-order chi connectivity index (χ1) is 8.53. The highest BCUT2D eigenvalue weighted by atomic mass is 16.6. The average molecular weight is 250 g/mol. The van der Waals surface area contributed by atoms with E-state index < -0.39 is 0 Å². The van der Waals surface area contributed by atoms with E-state index in [0.717, 1.165) is 13.0 Å². The van der Waals surface area contributed by atoms with E-state index in [4.69, 9.17) is 4.74 Å². The first kappa shape index (κ1) is 13.0. The van der Waals surface area contributed by atoms with Gasteiger partial charge in [-0.15, -0.1) is 0 Å². The molecule has 0 aliphatic carbocycles. The first-order valence-electron chi connectivity index (χ1n) is 6.12. The quantitative estimate of drug-likeness (QED) is 0.657. The molecule has 2 atom stereocenters. The average Bonchev–Trinajstić information content (AvgIpc) is 2.68. The number of benzene rings is 1. The van der Waals surface area contributed by atoms with Gasteiger partial charge in [0.05, 0.1) is 11.0 Å². The molecule has 0 aromatic heterocycles. The molecule has 1 heterocycles. The molecule has 1 aromatic carbocycles. The molecule has 5 nitrogen and oxygen atoms in total. The van der Waals surface area contributed by atoms with Crippen LogP contribution in [-0.4, -0.2) is 23.2 Å². The van der Waals surface area contributed by atoms with Gasteiger partial charge in [-0.1, -0.05) is 18.2 Å². The molecule has 1 aliphatic heterocycles. The van der Waals surface area contributed by atoms with Gasteiger partial charge in [-0.3, -0.25) is 10.1 Å². The van der Waals surface area contributed by atoms with Gasteiger partial charge < -0.3 is 10.1 Å². The minimum atomic E-state index is -0.339. The van der Waals surface area contributed by atoms with E-state index in [2.05, 4.69) is 12.2 Å². The molecule has 5 heteroatoms. The molecule has 1 fully saturated rings. The van der Waals surface area contributed by atoms with Crippen LogP contribution < -0.4 is 5.32 Å². The molecule has 1 saturated heterocycles. The van der Waals surface area contributed by atoms with Gasteiger partial charge in [0.15, 0.2) is 0 Å². The summed E-state index contributed by atoms with van der Waals surface area (Å²) < 4.78 is 5.54. The summed E-state index contributed by atoms with van der Waals surface area (Å²) in [4.78, 5) is 10.6. The Hall–Kier alpha value is -1.46. The summed E-state index contributed by atoms with van der Waals surface area (Å²) in [6, 6.07) is 6.83. The topological polar surface area (TPSA) is 64.4 Å². The molecule has 1 aromatic rings. The lowest BCUT2D eigenvalue weighted by atomic mass is 9.94. The number of ether oxygens (including phenoxy) is 1. The van der Waals surface area contributed by atoms with Crippen molar-refractivity contribution in [2.45, 2.75) is 38.5 Å². The van der Waals surface area contributed by atoms with Gasteiger partial charge in [-0.25, -0.2) is 0 Å². The van der Waals surface area contributed by atoms with Gasteiger partial charge in [-0.05, 0) is 20.3 Å². The van der Waals surface area contributed by atoms with Crippen LogP contribution in [0.2, 0.25) is 0 Å². The number of nitro benzene ring substituents is 1. The lowest BCUT2D eigenvalue weighted by Crippen LogP contribution is -2.47. The van der Waals surface area contributed by atoms with Crippen LogP contribution in [0, 0.1) is 10.1 Å². The molecular weight excluding hydrogens is 232 g/mol. The number of hydrogen-bond acceptors (Lipinski definition) is 4. The molecule has 2 rings (SSSR count). The highest BCUT2D eigenvalue weighted by Crippen LogP contribution is 2.26. The van der Waals surface area contributed by atoms with Crippen LogP contribution in [-0.2, 0) is 11.3 Å². The Bertz CT molecular complexity index is 450. The number of nitrogens with zero attached hydrogens (tertiary/aromatic N) is 1. The Kier molecular flexibility index (Phi) is 3.63. The highest BCUT2D eigenvalue weighted by molar-refractivity contribution is 5.39. The molecule has 98 valence electrons. The largest absolute Gasteiger partial charge is 0.377 e. The Morgan fingerprint density at radius 3 is 2.89 bits per heavy atom. The zero-order chi connectivity index (χ0) is 13.2. The van der Waals surface area contributed by atoms with Gasteiger partial charge in [0.1, 0.15) is 0 Å². The fourth-order valence-electron chi connectivity index (χ4n) is 2.20. The molecule has 0 bridgehead atoms. The van der Waals surface area contributed by atoms with Gasteiger partial charge in [0.2, 0.25) is 0 Å². The predicted octanol–water partition coefficient (Wildman–Crippen LogP) is 2.25. The fraction of sp³-hybridized carbons (Fsp3) is 0.538. The van der Waals surface area contributed by atoms with E-state index in [0.29, 0.717) is 12.1 Å². The summed E-state index contributed by atoms with van der Waals surface area (Å²) in [6.07, 6.45) is 1.05. The van der Waals surface area contributed by atoms with E-state index in [1.165, 1.54) is 6.07 Å². The van der Waals surface area contributed by atoms with E-state index >= 15 is 0 Å². The summed E-state index contributed by atoms with van der Waals surface area (Å²) in [5, 5.41) is 14.3. The molecule has 1 N–H and O–H groups in total. The van der Waals surface area contributed by atoms with E-state index in [-0.39, 0.29) is 22.3 Å². The maximum Gasteiger partial charge on any atom is 0.273 e.